The van der Waals surface area contributed by atoms with E-state index < -0.39 is 29.6 Å². The molecule has 0 saturated heterocycles. The van der Waals surface area contributed by atoms with Crippen molar-refractivity contribution in [2.45, 2.75) is 57.8 Å². The third-order valence-electron chi connectivity index (χ3n) is 7.48. The van der Waals surface area contributed by atoms with E-state index in [0.29, 0.717) is 17.7 Å². The van der Waals surface area contributed by atoms with Crippen LogP contribution in [-0.4, -0.2) is 40.3 Å². The Morgan fingerprint density at radius 1 is 1.02 bits per heavy atom. The lowest BCUT2D eigenvalue weighted by Gasteiger charge is -2.38. The number of hydrogen-bond acceptors (Lipinski definition) is 4. The molecule has 1 amide bonds. The number of para-hydroxylation sites is 1. The number of aromatic carboxylic acids is 1. The molecule has 3 atom stereocenters. The van der Waals surface area contributed by atoms with Crippen LogP contribution in [0.5, 0.6) is 5.75 Å². The molecule has 0 saturated carbocycles. The summed E-state index contributed by atoms with van der Waals surface area (Å²) < 4.78 is 26.5. The Kier molecular flexibility index (Phi) is 7.72. The highest BCUT2D eigenvalue weighted by atomic mass is 19.1. The first-order valence-corrected chi connectivity index (χ1v) is 13.8. The van der Waals surface area contributed by atoms with E-state index in [2.05, 4.69) is 0 Å². The number of carbonyl (C=O) groups excluding carboxylic acids is 1. The highest BCUT2D eigenvalue weighted by molar-refractivity contribution is 5.88. The summed E-state index contributed by atoms with van der Waals surface area (Å²) in [6.07, 6.45) is -0.423. The second-order valence-electron chi connectivity index (χ2n) is 11.5. The van der Waals surface area contributed by atoms with Crippen LogP contribution in [-0.2, 0) is 4.74 Å². The van der Waals surface area contributed by atoms with Gasteiger partial charge in [0.2, 0.25) is 0 Å². The van der Waals surface area contributed by atoms with E-state index in [1.807, 2.05) is 94.4 Å². The van der Waals surface area contributed by atoms with Gasteiger partial charge in [-0.3, -0.25) is 4.90 Å². The maximum atomic E-state index is 14.3. The lowest BCUT2D eigenvalue weighted by molar-refractivity contribution is 0.00569. The van der Waals surface area contributed by atoms with Crippen molar-refractivity contribution < 1.29 is 28.6 Å². The van der Waals surface area contributed by atoms with Crippen LogP contribution in [0, 0.1) is 5.82 Å². The molecule has 1 aliphatic heterocycles. The van der Waals surface area contributed by atoms with Crippen LogP contribution in [0.1, 0.15) is 73.1 Å². The standard InChI is InChI=1S/C34H34FNO5/c1-21(25-14-9-11-22-10-5-6-12-26(22)25)36(33(39)41-34(2,3)4)20-24-19-28(27-13-7-8-15-31(27)40-24)23-16-17-30(35)29(18-23)32(37)38/h5-18,21,24,28H,19-20H2,1-4H3,(H,37,38)/t21-,24-,28?/m1/s1. The third kappa shape index (κ3) is 6.04. The molecule has 41 heavy (non-hydrogen) atoms. The van der Waals surface area contributed by atoms with E-state index in [-0.39, 0.29) is 24.1 Å². The number of ether oxygens (including phenoxy) is 2. The maximum absolute atomic E-state index is 14.3. The number of nitrogens with zero attached hydrogens (tertiary/aromatic N) is 1. The van der Waals surface area contributed by atoms with E-state index >= 15 is 0 Å². The van der Waals surface area contributed by atoms with Gasteiger partial charge in [-0.05, 0) is 74.2 Å². The number of benzene rings is 4. The molecule has 0 fully saturated rings. The first kappa shape index (κ1) is 28.1. The number of halogens is 1. The molecule has 1 aliphatic rings. The van der Waals surface area contributed by atoms with Crippen LogP contribution in [0.2, 0.25) is 0 Å². The largest absolute Gasteiger partial charge is 0.488 e. The molecule has 212 valence electrons. The minimum Gasteiger partial charge on any atom is -0.488 e. The van der Waals surface area contributed by atoms with Gasteiger partial charge in [-0.1, -0.05) is 66.7 Å². The summed E-state index contributed by atoms with van der Waals surface area (Å²) in [4.78, 5) is 27.1. The third-order valence-corrected chi connectivity index (χ3v) is 7.48. The molecule has 0 radical (unpaired) electrons. The van der Waals surface area contributed by atoms with E-state index in [1.165, 1.54) is 12.1 Å². The predicted octanol–water partition coefficient (Wildman–Crippen LogP) is 7.96. The Labute approximate surface area is 239 Å². The predicted molar refractivity (Wildman–Crippen MR) is 156 cm³/mol. The minimum absolute atomic E-state index is 0.233. The van der Waals surface area contributed by atoms with Crippen molar-refractivity contribution in [3.8, 4) is 5.75 Å². The lowest BCUT2D eigenvalue weighted by Crippen LogP contribution is -2.45. The molecule has 6 nitrogen and oxygen atoms in total. The Morgan fingerprint density at radius 2 is 1.73 bits per heavy atom. The van der Waals surface area contributed by atoms with Crippen molar-refractivity contribution in [3.05, 3.63) is 113 Å². The number of amides is 1. The topological polar surface area (TPSA) is 76.1 Å². The van der Waals surface area contributed by atoms with Crippen LogP contribution in [0.15, 0.2) is 84.9 Å². The van der Waals surface area contributed by atoms with E-state index in [0.717, 1.165) is 21.9 Å². The summed E-state index contributed by atoms with van der Waals surface area (Å²) >= 11 is 0. The molecular weight excluding hydrogens is 521 g/mol. The highest BCUT2D eigenvalue weighted by Crippen LogP contribution is 2.41. The van der Waals surface area contributed by atoms with Gasteiger partial charge in [-0.15, -0.1) is 0 Å². The molecule has 1 N–H and O–H groups in total. The van der Waals surface area contributed by atoms with Gasteiger partial charge in [0.15, 0.2) is 0 Å². The van der Waals surface area contributed by atoms with E-state index in [4.69, 9.17) is 9.47 Å². The first-order valence-electron chi connectivity index (χ1n) is 13.8. The molecule has 4 aromatic carbocycles. The van der Waals surface area contributed by atoms with E-state index in [1.54, 1.807) is 11.0 Å². The quantitative estimate of drug-likeness (QED) is 0.261. The zero-order valence-corrected chi connectivity index (χ0v) is 23.6. The van der Waals surface area contributed by atoms with Gasteiger partial charge in [-0.2, -0.15) is 0 Å². The summed E-state index contributed by atoms with van der Waals surface area (Å²) in [6.45, 7) is 7.73. The summed E-state index contributed by atoms with van der Waals surface area (Å²) in [5.41, 5.74) is 1.49. The lowest BCUT2D eigenvalue weighted by atomic mass is 9.83. The van der Waals surface area contributed by atoms with Crippen LogP contribution in [0.25, 0.3) is 10.8 Å². The smallest absolute Gasteiger partial charge is 0.410 e. The second kappa shape index (κ2) is 11.2. The number of hydrogen-bond donors (Lipinski definition) is 1. The van der Waals surface area contributed by atoms with Crippen molar-refractivity contribution >= 4 is 22.8 Å². The molecule has 0 aliphatic carbocycles. The fraction of sp³-hybridized carbons (Fsp3) is 0.294. The fourth-order valence-corrected chi connectivity index (χ4v) is 5.56. The summed E-state index contributed by atoms with van der Waals surface area (Å²) in [7, 11) is 0. The number of carbonyl (C=O) groups is 2. The zero-order chi connectivity index (χ0) is 29.3. The SMILES string of the molecule is C[C@H](c1cccc2ccccc12)N(C[C@H]1CC(c2ccc(F)c(C(=O)O)c2)c2ccccc2O1)C(=O)OC(C)(C)C. The van der Waals surface area contributed by atoms with Crippen molar-refractivity contribution in [2.24, 2.45) is 0 Å². The van der Waals surface area contributed by atoms with Gasteiger partial charge in [0.25, 0.3) is 0 Å². The van der Waals surface area contributed by atoms with Gasteiger partial charge in [0.1, 0.15) is 23.3 Å². The van der Waals surface area contributed by atoms with Crippen molar-refractivity contribution in [1.82, 2.24) is 4.90 Å². The molecule has 0 aromatic heterocycles. The van der Waals surface area contributed by atoms with Gasteiger partial charge in [0.05, 0.1) is 18.2 Å². The minimum atomic E-state index is -1.32. The number of carboxylic acids is 1. The van der Waals surface area contributed by atoms with Crippen LogP contribution < -0.4 is 4.74 Å². The van der Waals surface area contributed by atoms with Crippen molar-refractivity contribution in [2.75, 3.05) is 6.54 Å². The fourth-order valence-electron chi connectivity index (χ4n) is 5.56. The van der Waals surface area contributed by atoms with E-state index in [9.17, 15) is 19.1 Å². The Balaban J connectivity index is 1.52. The molecule has 1 heterocycles. The average Bonchev–Trinajstić information content (AvgIpc) is 2.94. The van der Waals surface area contributed by atoms with Crippen molar-refractivity contribution in [3.63, 3.8) is 0 Å². The zero-order valence-electron chi connectivity index (χ0n) is 23.6. The monoisotopic (exact) mass is 555 g/mol. The normalized spacial score (nSPS) is 17.3. The summed E-state index contributed by atoms with van der Waals surface area (Å²) in [5, 5.41) is 11.7. The number of carboxylic acid groups (broad SMARTS) is 1. The van der Waals surface area contributed by atoms with Gasteiger partial charge in [0, 0.05) is 11.5 Å². The van der Waals surface area contributed by atoms with Gasteiger partial charge < -0.3 is 14.6 Å². The summed E-state index contributed by atoms with van der Waals surface area (Å²) in [6, 6.07) is 25.6. The number of rotatable bonds is 6. The first-order chi connectivity index (χ1) is 19.5. The number of fused-ring (bicyclic) bond motifs is 2. The molecule has 0 spiro atoms. The van der Waals surface area contributed by atoms with Gasteiger partial charge >= 0.3 is 12.1 Å². The Morgan fingerprint density at radius 3 is 2.49 bits per heavy atom. The molecule has 4 aromatic rings. The van der Waals surface area contributed by atoms with Crippen LogP contribution in [0.3, 0.4) is 0 Å². The Bertz CT molecular complexity index is 1590. The molecule has 0 bridgehead atoms. The Hall–Kier alpha value is -4.39. The summed E-state index contributed by atoms with van der Waals surface area (Å²) in [5.74, 6) is -1.70. The van der Waals surface area contributed by atoms with Crippen LogP contribution >= 0.6 is 0 Å². The van der Waals surface area contributed by atoms with Crippen molar-refractivity contribution in [1.29, 1.82) is 0 Å². The molecule has 1 unspecified atom stereocenters. The molecular formula is C34H34FNO5. The van der Waals surface area contributed by atoms with Gasteiger partial charge in [-0.25, -0.2) is 14.0 Å². The highest BCUT2D eigenvalue weighted by Gasteiger charge is 2.35. The average molecular weight is 556 g/mol. The second-order valence-corrected chi connectivity index (χ2v) is 11.5. The van der Waals surface area contributed by atoms with Crippen LogP contribution in [0.4, 0.5) is 9.18 Å². The maximum Gasteiger partial charge on any atom is 0.410 e. The molecule has 5 rings (SSSR count). The molecule has 7 heteroatoms.